The molecule has 7 heteroatoms. The van der Waals surface area contributed by atoms with Crippen LogP contribution in [0.15, 0.2) is 11.0 Å². The predicted octanol–water partition coefficient (Wildman–Crippen LogP) is 2.21. The van der Waals surface area contributed by atoms with E-state index in [1.165, 1.54) is 15.6 Å². The maximum Gasteiger partial charge on any atom is 0.244 e. The van der Waals surface area contributed by atoms with Gasteiger partial charge in [0.05, 0.1) is 17.4 Å². The van der Waals surface area contributed by atoms with Crippen molar-refractivity contribution in [2.24, 2.45) is 0 Å². The number of hydrogen-bond donors (Lipinski definition) is 0. The molecule has 102 valence electrons. The summed E-state index contributed by atoms with van der Waals surface area (Å²) in [7, 11) is -3.40. The van der Waals surface area contributed by atoms with Gasteiger partial charge in [0.1, 0.15) is 0 Å². The van der Waals surface area contributed by atoms with Crippen LogP contribution in [0.1, 0.15) is 16.2 Å². The third-order valence-corrected chi connectivity index (χ3v) is 6.50. The minimum absolute atomic E-state index is 0.351. The van der Waals surface area contributed by atoms with E-state index in [9.17, 15) is 8.42 Å². The molecule has 1 aliphatic rings. The van der Waals surface area contributed by atoms with E-state index >= 15 is 0 Å². The summed E-state index contributed by atoms with van der Waals surface area (Å²) in [5, 5.41) is 0. The fourth-order valence-electron chi connectivity index (χ4n) is 1.95. The van der Waals surface area contributed by atoms with Crippen molar-refractivity contribution in [3.8, 4) is 0 Å². The molecule has 1 fully saturated rings. The normalized spacial score (nSPS) is 18.8. The van der Waals surface area contributed by atoms with Crippen molar-refractivity contribution in [1.82, 2.24) is 4.31 Å². The summed E-state index contributed by atoms with van der Waals surface area (Å²) in [6.07, 6.45) is 0.741. The summed E-state index contributed by atoms with van der Waals surface area (Å²) in [6.45, 7) is 3.86. The molecule has 18 heavy (non-hydrogen) atoms. The highest BCUT2D eigenvalue weighted by atomic mass is 35.5. The third kappa shape index (κ3) is 2.88. The van der Waals surface area contributed by atoms with E-state index in [-0.39, 0.29) is 0 Å². The minimum atomic E-state index is -3.40. The molecule has 0 atom stereocenters. The Morgan fingerprint density at radius 1 is 1.44 bits per heavy atom. The second kappa shape index (κ2) is 5.88. The second-order valence-electron chi connectivity index (χ2n) is 4.14. The fraction of sp³-hybridized carbons (Fsp3) is 0.636. The summed E-state index contributed by atoms with van der Waals surface area (Å²) >= 11 is 7.20. The average Bonchev–Trinajstić information content (AvgIpc) is 2.55. The van der Waals surface area contributed by atoms with Gasteiger partial charge >= 0.3 is 0 Å². The molecular formula is C11H16ClNO3S2. The van der Waals surface area contributed by atoms with Gasteiger partial charge in [-0.3, -0.25) is 0 Å². The Kier molecular flexibility index (Phi) is 4.66. The average molecular weight is 310 g/mol. The van der Waals surface area contributed by atoms with Gasteiger partial charge < -0.3 is 4.74 Å². The molecule has 1 aromatic heterocycles. The topological polar surface area (TPSA) is 46.6 Å². The zero-order valence-electron chi connectivity index (χ0n) is 10.2. The van der Waals surface area contributed by atoms with Crippen LogP contribution in [-0.2, 0) is 20.6 Å². The van der Waals surface area contributed by atoms with Crippen LogP contribution in [0, 0.1) is 6.92 Å². The van der Waals surface area contributed by atoms with Crippen LogP contribution in [0.2, 0.25) is 0 Å². The van der Waals surface area contributed by atoms with E-state index in [0.29, 0.717) is 37.1 Å². The summed E-state index contributed by atoms with van der Waals surface area (Å²) < 4.78 is 31.8. The monoisotopic (exact) mass is 309 g/mol. The SMILES string of the molecule is Cc1sc(CCl)cc1S(=O)(=O)N1CCCOCC1. The molecule has 2 rings (SSSR count). The quantitative estimate of drug-likeness (QED) is 0.804. The van der Waals surface area contributed by atoms with Crippen LogP contribution in [0.3, 0.4) is 0 Å². The minimum Gasteiger partial charge on any atom is -0.380 e. The lowest BCUT2D eigenvalue weighted by molar-refractivity contribution is 0.148. The number of rotatable bonds is 3. The van der Waals surface area contributed by atoms with Gasteiger partial charge in [-0.1, -0.05) is 0 Å². The number of sulfonamides is 1. The molecule has 0 radical (unpaired) electrons. The van der Waals surface area contributed by atoms with E-state index in [4.69, 9.17) is 16.3 Å². The molecule has 0 spiro atoms. The number of alkyl halides is 1. The number of nitrogens with zero attached hydrogens (tertiary/aromatic N) is 1. The number of thiophene rings is 1. The number of hydrogen-bond acceptors (Lipinski definition) is 4. The van der Waals surface area contributed by atoms with Gasteiger partial charge in [-0.05, 0) is 19.4 Å². The first-order valence-electron chi connectivity index (χ1n) is 5.79. The van der Waals surface area contributed by atoms with Crippen molar-refractivity contribution >= 4 is 33.0 Å². The van der Waals surface area contributed by atoms with Crippen molar-refractivity contribution < 1.29 is 13.2 Å². The Morgan fingerprint density at radius 3 is 2.89 bits per heavy atom. The molecule has 0 aliphatic carbocycles. The predicted molar refractivity (Wildman–Crippen MR) is 72.8 cm³/mol. The molecular weight excluding hydrogens is 294 g/mol. The highest BCUT2D eigenvalue weighted by Crippen LogP contribution is 2.29. The molecule has 1 saturated heterocycles. The molecule has 1 aliphatic heterocycles. The van der Waals surface area contributed by atoms with Crippen molar-refractivity contribution in [2.45, 2.75) is 24.1 Å². The molecule has 1 aromatic rings. The van der Waals surface area contributed by atoms with E-state index in [2.05, 4.69) is 0 Å². The van der Waals surface area contributed by atoms with Crippen LogP contribution in [-0.4, -0.2) is 39.0 Å². The lowest BCUT2D eigenvalue weighted by atomic mass is 10.4. The van der Waals surface area contributed by atoms with Crippen LogP contribution >= 0.6 is 22.9 Å². The van der Waals surface area contributed by atoms with Crippen molar-refractivity contribution in [3.05, 3.63) is 15.8 Å². The maximum absolute atomic E-state index is 12.5. The Bertz CT molecular complexity index is 504. The molecule has 0 bridgehead atoms. The number of halogens is 1. The van der Waals surface area contributed by atoms with E-state index in [1.807, 2.05) is 6.92 Å². The highest BCUT2D eigenvalue weighted by Gasteiger charge is 2.28. The molecule has 4 nitrogen and oxygen atoms in total. The van der Waals surface area contributed by atoms with Gasteiger partial charge in [-0.25, -0.2) is 8.42 Å². The standard InChI is InChI=1S/C11H16ClNO3S2/c1-9-11(7-10(8-12)17-9)18(14,15)13-3-2-5-16-6-4-13/h7H,2-6,8H2,1H3. The van der Waals surface area contributed by atoms with E-state index < -0.39 is 10.0 Å². The Labute approximate surface area is 117 Å². The van der Waals surface area contributed by atoms with Gasteiger partial charge in [0.2, 0.25) is 10.0 Å². The lowest BCUT2D eigenvalue weighted by Gasteiger charge is -2.18. The first-order valence-corrected chi connectivity index (χ1v) is 8.58. The highest BCUT2D eigenvalue weighted by molar-refractivity contribution is 7.89. The Balaban J connectivity index is 2.31. The van der Waals surface area contributed by atoms with Crippen molar-refractivity contribution in [3.63, 3.8) is 0 Å². The van der Waals surface area contributed by atoms with Gasteiger partial charge in [0.25, 0.3) is 0 Å². The number of ether oxygens (including phenoxy) is 1. The van der Waals surface area contributed by atoms with Crippen molar-refractivity contribution in [2.75, 3.05) is 26.3 Å². The van der Waals surface area contributed by atoms with Crippen LogP contribution < -0.4 is 0 Å². The lowest BCUT2D eigenvalue weighted by Crippen LogP contribution is -2.33. The number of aryl methyl sites for hydroxylation is 1. The van der Waals surface area contributed by atoms with Gasteiger partial charge in [-0.15, -0.1) is 22.9 Å². The first kappa shape index (κ1) is 14.3. The molecule has 2 heterocycles. The largest absolute Gasteiger partial charge is 0.380 e. The van der Waals surface area contributed by atoms with Crippen molar-refractivity contribution in [1.29, 1.82) is 0 Å². The Morgan fingerprint density at radius 2 is 2.22 bits per heavy atom. The second-order valence-corrected chi connectivity index (χ2v) is 7.65. The molecule has 0 saturated carbocycles. The summed E-state index contributed by atoms with van der Waals surface area (Å²) in [4.78, 5) is 2.08. The zero-order valence-corrected chi connectivity index (χ0v) is 12.6. The molecule has 0 aromatic carbocycles. The fourth-order valence-corrected chi connectivity index (χ4v) is 5.11. The maximum atomic E-state index is 12.5. The van der Waals surface area contributed by atoms with E-state index in [0.717, 1.165) is 16.2 Å². The summed E-state index contributed by atoms with van der Waals surface area (Å²) in [5.41, 5.74) is 0. The van der Waals surface area contributed by atoms with Gasteiger partial charge in [0, 0.05) is 29.5 Å². The van der Waals surface area contributed by atoms with Crippen LogP contribution in [0.5, 0.6) is 0 Å². The van der Waals surface area contributed by atoms with Crippen LogP contribution in [0.25, 0.3) is 0 Å². The Hall–Kier alpha value is -0.140. The summed E-state index contributed by atoms with van der Waals surface area (Å²) in [6, 6.07) is 1.69. The van der Waals surface area contributed by atoms with Gasteiger partial charge in [-0.2, -0.15) is 4.31 Å². The summed E-state index contributed by atoms with van der Waals surface area (Å²) in [5.74, 6) is 0.351. The van der Waals surface area contributed by atoms with Crippen LogP contribution in [0.4, 0.5) is 0 Å². The first-order chi connectivity index (χ1) is 8.55. The van der Waals surface area contributed by atoms with Gasteiger partial charge in [0.15, 0.2) is 0 Å². The molecule has 0 unspecified atom stereocenters. The zero-order chi connectivity index (χ0) is 13.2. The smallest absolute Gasteiger partial charge is 0.244 e. The molecule has 0 N–H and O–H groups in total. The third-order valence-electron chi connectivity index (χ3n) is 2.85. The van der Waals surface area contributed by atoms with E-state index in [1.54, 1.807) is 6.07 Å². The molecule has 0 amide bonds.